The third-order valence-electron chi connectivity index (χ3n) is 4.55. The van der Waals surface area contributed by atoms with Crippen molar-refractivity contribution in [2.45, 2.75) is 42.6 Å². The van der Waals surface area contributed by atoms with E-state index in [4.69, 9.17) is 0 Å². The van der Waals surface area contributed by atoms with Gasteiger partial charge in [-0.3, -0.25) is 0 Å². The number of benzene rings is 2. The van der Waals surface area contributed by atoms with Crippen LogP contribution in [0.1, 0.15) is 47.9 Å². The molecule has 134 valence electrons. The molecule has 1 atom stereocenters. The van der Waals surface area contributed by atoms with Crippen LogP contribution >= 0.6 is 11.8 Å². The molecule has 6 heteroatoms. The van der Waals surface area contributed by atoms with E-state index in [1.165, 1.54) is 29.5 Å². The van der Waals surface area contributed by atoms with Crippen LogP contribution in [0.15, 0.2) is 53.7 Å². The molecule has 1 aliphatic carbocycles. The lowest BCUT2D eigenvalue weighted by atomic mass is 10.1. The van der Waals surface area contributed by atoms with E-state index in [1.807, 2.05) is 25.1 Å². The lowest BCUT2D eigenvalue weighted by Gasteiger charge is -2.14. The average Bonchev–Trinajstić information content (AvgIpc) is 3.39. The van der Waals surface area contributed by atoms with Gasteiger partial charge in [-0.25, -0.2) is 8.78 Å². The smallest absolute Gasteiger partial charge is 0.192 e. The van der Waals surface area contributed by atoms with Crippen molar-refractivity contribution in [3.63, 3.8) is 0 Å². The minimum absolute atomic E-state index is 0.193. The standard InChI is InChI=1S/C20H19F2N3S/c1-13(17-10-9-16(21)11-18(17)22)26-20-24-23-19(15-7-8-15)25(20)12-14-5-3-2-4-6-14/h2-6,9-11,13,15H,7-8,12H2,1H3. The molecule has 2 aromatic carbocycles. The third kappa shape index (κ3) is 3.65. The van der Waals surface area contributed by atoms with E-state index in [1.54, 1.807) is 0 Å². The summed E-state index contributed by atoms with van der Waals surface area (Å²) in [6.07, 6.45) is 2.28. The SMILES string of the molecule is CC(Sc1nnc(C2CC2)n1Cc1ccccc1)c1ccc(F)cc1F. The molecule has 0 saturated heterocycles. The predicted molar refractivity (Wildman–Crippen MR) is 98.2 cm³/mol. The minimum atomic E-state index is -0.563. The van der Waals surface area contributed by atoms with E-state index < -0.39 is 11.6 Å². The fourth-order valence-electron chi connectivity index (χ4n) is 3.00. The van der Waals surface area contributed by atoms with E-state index in [9.17, 15) is 8.78 Å². The van der Waals surface area contributed by atoms with Crippen molar-refractivity contribution < 1.29 is 8.78 Å². The monoisotopic (exact) mass is 371 g/mol. The first kappa shape index (κ1) is 17.2. The van der Waals surface area contributed by atoms with E-state index in [0.717, 1.165) is 29.9 Å². The van der Waals surface area contributed by atoms with Crippen LogP contribution in [0, 0.1) is 11.6 Å². The first-order valence-corrected chi connectivity index (χ1v) is 9.58. The second-order valence-corrected chi connectivity index (χ2v) is 7.92. The summed E-state index contributed by atoms with van der Waals surface area (Å²) in [5.41, 5.74) is 1.65. The molecule has 0 N–H and O–H groups in total. The van der Waals surface area contributed by atoms with Crippen molar-refractivity contribution >= 4 is 11.8 Å². The summed E-state index contributed by atoms with van der Waals surface area (Å²) >= 11 is 1.46. The van der Waals surface area contributed by atoms with Gasteiger partial charge in [0.15, 0.2) is 5.16 Å². The molecule has 1 saturated carbocycles. The minimum Gasteiger partial charge on any atom is -0.301 e. The van der Waals surface area contributed by atoms with Crippen molar-refractivity contribution in [2.75, 3.05) is 0 Å². The van der Waals surface area contributed by atoms with Crippen LogP contribution in [0.3, 0.4) is 0 Å². The molecule has 1 aromatic heterocycles. The molecule has 0 amide bonds. The molecular formula is C20H19F2N3S. The van der Waals surface area contributed by atoms with Gasteiger partial charge in [0.2, 0.25) is 0 Å². The summed E-state index contributed by atoms with van der Waals surface area (Å²) in [6, 6.07) is 13.9. The first-order chi connectivity index (χ1) is 12.6. The average molecular weight is 371 g/mol. The molecule has 0 aliphatic heterocycles. The molecule has 1 fully saturated rings. The summed E-state index contributed by atoms with van der Waals surface area (Å²) in [7, 11) is 0. The highest BCUT2D eigenvalue weighted by Crippen LogP contribution is 2.42. The van der Waals surface area contributed by atoms with Crippen LogP contribution in [0.2, 0.25) is 0 Å². The van der Waals surface area contributed by atoms with Crippen molar-refractivity contribution in [3.05, 3.63) is 77.1 Å². The van der Waals surface area contributed by atoms with Crippen LogP contribution in [0.25, 0.3) is 0 Å². The summed E-state index contributed by atoms with van der Waals surface area (Å²) in [4.78, 5) is 0. The normalized spacial score (nSPS) is 15.2. The molecule has 0 spiro atoms. The second kappa shape index (κ2) is 7.19. The topological polar surface area (TPSA) is 30.7 Å². The van der Waals surface area contributed by atoms with Gasteiger partial charge < -0.3 is 4.57 Å². The highest BCUT2D eigenvalue weighted by atomic mass is 32.2. The van der Waals surface area contributed by atoms with Crippen LogP contribution in [0.5, 0.6) is 0 Å². The molecule has 26 heavy (non-hydrogen) atoms. The lowest BCUT2D eigenvalue weighted by molar-refractivity contribution is 0.572. The molecule has 1 heterocycles. The predicted octanol–water partition coefficient (Wildman–Crippen LogP) is 5.34. The molecule has 0 bridgehead atoms. The fraction of sp³-hybridized carbons (Fsp3) is 0.300. The number of nitrogens with zero attached hydrogens (tertiary/aromatic N) is 3. The van der Waals surface area contributed by atoms with Crippen LogP contribution in [-0.2, 0) is 6.54 Å². The van der Waals surface area contributed by atoms with E-state index in [-0.39, 0.29) is 5.25 Å². The van der Waals surface area contributed by atoms with Crippen LogP contribution in [-0.4, -0.2) is 14.8 Å². The van der Waals surface area contributed by atoms with Crippen LogP contribution < -0.4 is 0 Å². The maximum Gasteiger partial charge on any atom is 0.192 e. The Morgan fingerprint density at radius 3 is 2.58 bits per heavy atom. The maximum absolute atomic E-state index is 14.1. The fourth-order valence-corrected chi connectivity index (χ4v) is 4.01. The largest absolute Gasteiger partial charge is 0.301 e. The zero-order chi connectivity index (χ0) is 18.1. The number of hydrogen-bond donors (Lipinski definition) is 0. The van der Waals surface area contributed by atoms with Gasteiger partial charge in [0.25, 0.3) is 0 Å². The van der Waals surface area contributed by atoms with Gasteiger partial charge in [0, 0.05) is 22.8 Å². The number of rotatable bonds is 6. The Bertz CT molecular complexity index is 907. The zero-order valence-electron chi connectivity index (χ0n) is 14.4. The molecule has 4 rings (SSSR count). The summed E-state index contributed by atoms with van der Waals surface area (Å²) in [5, 5.41) is 9.34. The van der Waals surface area contributed by atoms with Crippen molar-refractivity contribution in [1.29, 1.82) is 0 Å². The third-order valence-corrected chi connectivity index (χ3v) is 5.67. The quantitative estimate of drug-likeness (QED) is 0.548. The molecule has 3 nitrogen and oxygen atoms in total. The summed E-state index contributed by atoms with van der Waals surface area (Å²) in [5.74, 6) is 0.384. The Labute approximate surface area is 155 Å². The molecule has 3 aromatic rings. The van der Waals surface area contributed by atoms with Gasteiger partial charge in [0.1, 0.15) is 17.5 Å². The van der Waals surface area contributed by atoms with Crippen LogP contribution in [0.4, 0.5) is 8.78 Å². The van der Waals surface area contributed by atoms with Gasteiger partial charge in [0.05, 0.1) is 6.54 Å². The Morgan fingerprint density at radius 2 is 1.88 bits per heavy atom. The Hall–Kier alpha value is -2.21. The Balaban J connectivity index is 1.61. The zero-order valence-corrected chi connectivity index (χ0v) is 15.2. The van der Waals surface area contributed by atoms with E-state index in [2.05, 4.69) is 26.9 Å². The van der Waals surface area contributed by atoms with E-state index >= 15 is 0 Å². The highest BCUT2D eigenvalue weighted by Gasteiger charge is 2.31. The van der Waals surface area contributed by atoms with E-state index in [0.29, 0.717) is 18.0 Å². The van der Waals surface area contributed by atoms with Gasteiger partial charge in [-0.15, -0.1) is 10.2 Å². The van der Waals surface area contributed by atoms with Gasteiger partial charge in [-0.1, -0.05) is 48.2 Å². The van der Waals surface area contributed by atoms with Crippen molar-refractivity contribution in [1.82, 2.24) is 14.8 Å². The maximum atomic E-state index is 14.1. The van der Waals surface area contributed by atoms with Crippen molar-refractivity contribution in [2.24, 2.45) is 0 Å². The Morgan fingerprint density at radius 1 is 1.12 bits per heavy atom. The summed E-state index contributed by atoms with van der Waals surface area (Å²) in [6.45, 7) is 2.60. The first-order valence-electron chi connectivity index (χ1n) is 8.70. The Kier molecular flexibility index (Phi) is 4.76. The molecular weight excluding hydrogens is 352 g/mol. The second-order valence-electron chi connectivity index (χ2n) is 6.61. The van der Waals surface area contributed by atoms with Gasteiger partial charge in [-0.2, -0.15) is 0 Å². The molecule has 1 aliphatic rings. The number of hydrogen-bond acceptors (Lipinski definition) is 3. The van der Waals surface area contributed by atoms with Crippen molar-refractivity contribution in [3.8, 4) is 0 Å². The number of thioether (sulfide) groups is 1. The molecule has 0 radical (unpaired) electrons. The van der Waals surface area contributed by atoms with Gasteiger partial charge >= 0.3 is 0 Å². The number of halogens is 2. The summed E-state index contributed by atoms with van der Waals surface area (Å²) < 4.78 is 29.4. The molecule has 1 unspecified atom stereocenters. The lowest BCUT2D eigenvalue weighted by Crippen LogP contribution is -2.06. The number of aromatic nitrogens is 3. The van der Waals surface area contributed by atoms with Gasteiger partial charge in [-0.05, 0) is 31.4 Å². The highest BCUT2D eigenvalue weighted by molar-refractivity contribution is 7.99.